The van der Waals surface area contributed by atoms with Crippen molar-refractivity contribution in [1.29, 1.82) is 0 Å². The van der Waals surface area contributed by atoms with Crippen molar-refractivity contribution < 1.29 is 4.74 Å². The molecule has 0 saturated heterocycles. The number of nitrogens with one attached hydrogen (secondary N) is 1. The van der Waals surface area contributed by atoms with E-state index in [1.54, 1.807) is 0 Å². The third kappa shape index (κ3) is 3.10. The maximum Gasteiger partial charge on any atom is 0.194 e. The second-order valence-electron chi connectivity index (χ2n) is 3.56. The van der Waals surface area contributed by atoms with Crippen molar-refractivity contribution in [2.24, 2.45) is 0 Å². The molecule has 2 rings (SSSR count). The molecule has 4 nitrogen and oxygen atoms in total. The molecule has 1 heterocycles. The predicted octanol–water partition coefficient (Wildman–Crippen LogP) is 3.30. The van der Waals surface area contributed by atoms with Crippen molar-refractivity contribution >= 4 is 23.2 Å². The van der Waals surface area contributed by atoms with Crippen molar-refractivity contribution in [3.05, 3.63) is 46.2 Å². The summed E-state index contributed by atoms with van der Waals surface area (Å²) in [5.41, 5.74) is 1.02. The van der Waals surface area contributed by atoms with Crippen LogP contribution in [-0.4, -0.2) is 17.2 Å². The minimum absolute atomic E-state index is 0.179. The highest BCUT2D eigenvalue weighted by Crippen LogP contribution is 2.30. The van der Waals surface area contributed by atoms with Crippen molar-refractivity contribution in [2.45, 2.75) is 6.54 Å². The Kier molecular flexibility index (Phi) is 4.36. The van der Waals surface area contributed by atoms with Crippen LogP contribution in [0.25, 0.3) is 0 Å². The van der Waals surface area contributed by atoms with Gasteiger partial charge in [-0.1, -0.05) is 41.4 Å². The molecule has 94 valence electrons. The van der Waals surface area contributed by atoms with Crippen molar-refractivity contribution in [3.8, 4) is 11.5 Å². The molecule has 0 aliphatic carbocycles. The van der Waals surface area contributed by atoms with E-state index >= 15 is 0 Å². The summed E-state index contributed by atoms with van der Waals surface area (Å²) < 4.78 is 5.71. The fourth-order valence-electron chi connectivity index (χ4n) is 1.47. The minimum Gasteiger partial charge on any atom is -0.454 e. The molecule has 0 atom stereocenters. The van der Waals surface area contributed by atoms with Crippen LogP contribution < -0.4 is 10.1 Å². The quantitative estimate of drug-likeness (QED) is 0.935. The van der Waals surface area contributed by atoms with Crippen LogP contribution in [0.3, 0.4) is 0 Å². The summed E-state index contributed by atoms with van der Waals surface area (Å²) in [5, 5.41) is 10.8. The number of hydrogen-bond acceptors (Lipinski definition) is 4. The van der Waals surface area contributed by atoms with E-state index in [9.17, 15) is 0 Å². The van der Waals surface area contributed by atoms with Crippen LogP contribution in [0, 0.1) is 0 Å². The summed E-state index contributed by atoms with van der Waals surface area (Å²) in [7, 11) is 1.87. The maximum absolute atomic E-state index is 5.90. The molecule has 2 aromatic rings. The normalized spacial score (nSPS) is 10.4. The van der Waals surface area contributed by atoms with E-state index in [0.29, 0.717) is 18.0 Å². The summed E-state index contributed by atoms with van der Waals surface area (Å²) in [6, 6.07) is 9.19. The van der Waals surface area contributed by atoms with Gasteiger partial charge in [-0.25, -0.2) is 0 Å². The molecule has 0 saturated carbocycles. The first-order valence-electron chi connectivity index (χ1n) is 5.30. The van der Waals surface area contributed by atoms with Crippen molar-refractivity contribution in [2.75, 3.05) is 7.05 Å². The number of rotatable bonds is 4. The highest BCUT2D eigenvalue weighted by molar-refractivity contribution is 6.32. The van der Waals surface area contributed by atoms with Gasteiger partial charge < -0.3 is 10.1 Å². The van der Waals surface area contributed by atoms with Gasteiger partial charge in [0.25, 0.3) is 0 Å². The van der Waals surface area contributed by atoms with Gasteiger partial charge in [-0.2, -0.15) is 0 Å². The Balaban J connectivity index is 2.30. The first-order valence-corrected chi connectivity index (χ1v) is 6.05. The van der Waals surface area contributed by atoms with E-state index < -0.39 is 0 Å². The second kappa shape index (κ2) is 6.00. The number of nitrogens with zero attached hydrogens (tertiary/aromatic N) is 2. The molecule has 0 unspecified atom stereocenters. The van der Waals surface area contributed by atoms with Crippen LogP contribution in [0.2, 0.25) is 10.3 Å². The molecule has 0 radical (unpaired) electrons. The number of aromatic nitrogens is 2. The average molecular weight is 284 g/mol. The number of benzene rings is 1. The smallest absolute Gasteiger partial charge is 0.194 e. The zero-order chi connectivity index (χ0) is 13.0. The van der Waals surface area contributed by atoms with Crippen LogP contribution in [-0.2, 0) is 6.54 Å². The van der Waals surface area contributed by atoms with Gasteiger partial charge in [0.1, 0.15) is 5.75 Å². The van der Waals surface area contributed by atoms with Gasteiger partial charge in [0.2, 0.25) is 0 Å². The van der Waals surface area contributed by atoms with Crippen LogP contribution in [0.15, 0.2) is 30.3 Å². The predicted molar refractivity (Wildman–Crippen MR) is 71.3 cm³/mol. The topological polar surface area (TPSA) is 47.0 Å². The van der Waals surface area contributed by atoms with E-state index in [1.165, 1.54) is 6.07 Å². The highest BCUT2D eigenvalue weighted by Gasteiger charge is 2.09. The summed E-state index contributed by atoms with van der Waals surface area (Å²) in [6.45, 7) is 0.694. The minimum atomic E-state index is 0.179. The summed E-state index contributed by atoms with van der Waals surface area (Å²) in [6.07, 6.45) is 0. The first-order chi connectivity index (χ1) is 8.70. The van der Waals surface area contributed by atoms with Gasteiger partial charge in [0.15, 0.2) is 16.1 Å². The van der Waals surface area contributed by atoms with Crippen molar-refractivity contribution in [3.63, 3.8) is 0 Å². The lowest BCUT2D eigenvalue weighted by molar-refractivity contribution is 0.470. The zero-order valence-corrected chi connectivity index (χ0v) is 11.2. The fraction of sp³-hybridized carbons (Fsp3) is 0.167. The SMILES string of the molecule is CNCc1ccccc1Oc1cc(Cl)nnc1Cl. The first kappa shape index (κ1) is 13.1. The second-order valence-corrected chi connectivity index (χ2v) is 4.31. The summed E-state index contributed by atoms with van der Waals surface area (Å²) >= 11 is 11.7. The summed E-state index contributed by atoms with van der Waals surface area (Å²) in [5.74, 6) is 1.10. The van der Waals surface area contributed by atoms with E-state index in [1.807, 2.05) is 31.3 Å². The Labute approximate surface area is 115 Å². The third-order valence-corrected chi connectivity index (χ3v) is 2.69. The molecule has 0 amide bonds. The van der Waals surface area contributed by atoms with Gasteiger partial charge in [0, 0.05) is 18.2 Å². The lowest BCUT2D eigenvalue weighted by Crippen LogP contribution is -2.06. The number of halogens is 2. The molecule has 0 fully saturated rings. The van der Waals surface area contributed by atoms with Gasteiger partial charge in [0.05, 0.1) is 0 Å². The molecule has 1 aromatic carbocycles. The molecule has 0 spiro atoms. The van der Waals surface area contributed by atoms with E-state index in [2.05, 4.69) is 15.5 Å². The van der Waals surface area contributed by atoms with E-state index in [-0.39, 0.29) is 10.3 Å². The standard InChI is InChI=1S/C12H11Cl2N3O/c1-15-7-8-4-2-3-5-9(8)18-10-6-11(13)16-17-12(10)14/h2-6,15H,7H2,1H3. The third-order valence-electron chi connectivity index (χ3n) is 2.25. The molecule has 0 aliphatic heterocycles. The molecular formula is C12H11Cl2N3O. The molecular weight excluding hydrogens is 273 g/mol. The van der Waals surface area contributed by atoms with Gasteiger partial charge in [-0.05, 0) is 13.1 Å². The monoisotopic (exact) mass is 283 g/mol. The Morgan fingerprint density at radius 2 is 1.94 bits per heavy atom. The molecule has 6 heteroatoms. The molecule has 1 N–H and O–H groups in total. The maximum atomic E-state index is 5.90. The zero-order valence-electron chi connectivity index (χ0n) is 9.65. The van der Waals surface area contributed by atoms with Crippen LogP contribution in [0.4, 0.5) is 0 Å². The van der Waals surface area contributed by atoms with Gasteiger partial charge in [-0.15, -0.1) is 10.2 Å². The average Bonchev–Trinajstić information content (AvgIpc) is 2.36. The number of hydrogen-bond donors (Lipinski definition) is 1. The van der Waals surface area contributed by atoms with Gasteiger partial charge >= 0.3 is 0 Å². The Bertz CT molecular complexity index is 549. The van der Waals surface area contributed by atoms with Gasteiger partial charge in [-0.3, -0.25) is 0 Å². The molecule has 0 aliphatic rings. The lowest BCUT2D eigenvalue weighted by atomic mass is 10.2. The molecule has 1 aromatic heterocycles. The Morgan fingerprint density at radius 1 is 1.17 bits per heavy atom. The Morgan fingerprint density at radius 3 is 2.72 bits per heavy atom. The van der Waals surface area contributed by atoms with Crippen LogP contribution in [0.1, 0.15) is 5.56 Å². The highest BCUT2D eigenvalue weighted by atomic mass is 35.5. The largest absolute Gasteiger partial charge is 0.454 e. The van der Waals surface area contributed by atoms with E-state index in [0.717, 1.165) is 5.56 Å². The van der Waals surface area contributed by atoms with E-state index in [4.69, 9.17) is 27.9 Å². The van der Waals surface area contributed by atoms with Crippen LogP contribution in [0.5, 0.6) is 11.5 Å². The lowest BCUT2D eigenvalue weighted by Gasteiger charge is -2.11. The number of ether oxygens (including phenoxy) is 1. The van der Waals surface area contributed by atoms with Crippen LogP contribution >= 0.6 is 23.2 Å². The number of para-hydroxylation sites is 1. The molecule has 18 heavy (non-hydrogen) atoms. The Hall–Kier alpha value is -1.36. The van der Waals surface area contributed by atoms with Crippen molar-refractivity contribution in [1.82, 2.24) is 15.5 Å². The molecule has 0 bridgehead atoms. The summed E-state index contributed by atoms with van der Waals surface area (Å²) in [4.78, 5) is 0. The fourth-order valence-corrected chi connectivity index (χ4v) is 1.74.